The van der Waals surface area contributed by atoms with Crippen molar-refractivity contribution in [2.45, 2.75) is 45.1 Å². The number of carbonyl (C=O) groups is 1. The Balaban J connectivity index is 2.12. The van der Waals surface area contributed by atoms with Gasteiger partial charge in [0.1, 0.15) is 0 Å². The summed E-state index contributed by atoms with van der Waals surface area (Å²) in [5.74, 6) is -0.152. The smallest absolute Gasteiger partial charge is 0.407 e. The zero-order valence-corrected chi connectivity index (χ0v) is 15.3. The number of carboxylic acid groups (broad SMARTS) is 1. The zero-order chi connectivity index (χ0) is 18.1. The molecule has 6 nitrogen and oxygen atoms in total. The highest BCUT2D eigenvalue weighted by molar-refractivity contribution is 7.86. The molecule has 1 amide bonds. The number of amides is 1. The molecule has 0 saturated carbocycles. The second-order valence-corrected chi connectivity index (χ2v) is 9.00. The molecular formula is C17H25NO5S. The highest BCUT2D eigenvalue weighted by atomic mass is 32.2. The summed E-state index contributed by atoms with van der Waals surface area (Å²) in [6, 6.07) is 6.20. The third kappa shape index (κ3) is 4.08. The summed E-state index contributed by atoms with van der Waals surface area (Å²) in [5.41, 5.74) is 0.672. The van der Waals surface area contributed by atoms with Gasteiger partial charge in [-0.2, -0.15) is 8.42 Å². The van der Waals surface area contributed by atoms with Gasteiger partial charge in [-0.05, 0) is 30.9 Å². The third-order valence-corrected chi connectivity index (χ3v) is 5.70. The molecule has 2 rings (SSSR count). The van der Waals surface area contributed by atoms with Crippen LogP contribution in [0.25, 0.3) is 0 Å². The predicted octanol–water partition coefficient (Wildman–Crippen LogP) is 3.11. The lowest BCUT2D eigenvalue weighted by Crippen LogP contribution is -2.46. The van der Waals surface area contributed by atoms with Gasteiger partial charge in [0.15, 0.2) is 0 Å². The first-order valence-electron chi connectivity index (χ1n) is 7.98. The Bertz CT molecular complexity index is 691. The average Bonchev–Trinajstić information content (AvgIpc) is 2.90. The van der Waals surface area contributed by atoms with Gasteiger partial charge in [0, 0.05) is 18.5 Å². The van der Waals surface area contributed by atoms with Crippen LogP contribution in [0.3, 0.4) is 0 Å². The van der Waals surface area contributed by atoms with E-state index in [9.17, 15) is 18.3 Å². The molecule has 1 aromatic rings. The topological polar surface area (TPSA) is 83.9 Å². The summed E-state index contributed by atoms with van der Waals surface area (Å²) >= 11 is 0. The SMILES string of the molecule is Cc1ccc(S(=O)(=O)OCC2CCN(C(=O)O)[C@H]2C(C)(C)C)cc1. The number of benzene rings is 1. The molecule has 1 saturated heterocycles. The number of nitrogens with zero attached hydrogens (tertiary/aromatic N) is 1. The molecule has 7 heteroatoms. The van der Waals surface area contributed by atoms with Crippen LogP contribution in [0.5, 0.6) is 0 Å². The lowest BCUT2D eigenvalue weighted by Gasteiger charge is -2.36. The molecule has 2 atom stereocenters. The van der Waals surface area contributed by atoms with Crippen molar-refractivity contribution in [1.29, 1.82) is 0 Å². The first-order chi connectivity index (χ1) is 11.0. The van der Waals surface area contributed by atoms with Crippen LogP contribution >= 0.6 is 0 Å². The monoisotopic (exact) mass is 355 g/mol. The molecule has 0 aliphatic carbocycles. The summed E-state index contributed by atoms with van der Waals surface area (Å²) in [7, 11) is -3.84. The molecule has 24 heavy (non-hydrogen) atoms. The van der Waals surface area contributed by atoms with Crippen LogP contribution in [-0.4, -0.2) is 43.7 Å². The van der Waals surface area contributed by atoms with E-state index >= 15 is 0 Å². The molecule has 1 heterocycles. The Morgan fingerprint density at radius 1 is 1.29 bits per heavy atom. The van der Waals surface area contributed by atoms with Crippen LogP contribution < -0.4 is 0 Å². The standard InChI is InChI=1S/C17H25NO5S/c1-12-5-7-14(8-6-12)24(21,22)23-11-13-9-10-18(16(19)20)15(13)17(2,3)4/h5-8,13,15H,9-11H2,1-4H3,(H,19,20)/t13?,15-/m1/s1. The Kier molecular flexibility index (Phi) is 5.25. The van der Waals surface area contributed by atoms with Crippen molar-refractivity contribution in [3.8, 4) is 0 Å². The summed E-state index contributed by atoms with van der Waals surface area (Å²) in [6.45, 7) is 8.14. The van der Waals surface area contributed by atoms with Crippen molar-refractivity contribution in [2.75, 3.05) is 13.2 Å². The number of hydrogen-bond acceptors (Lipinski definition) is 4. The molecule has 0 spiro atoms. The first kappa shape index (κ1) is 18.7. The van der Waals surface area contributed by atoms with E-state index in [4.69, 9.17) is 4.18 Å². The summed E-state index contributed by atoms with van der Waals surface area (Å²) in [6.07, 6.45) is -0.378. The first-order valence-corrected chi connectivity index (χ1v) is 9.39. The van der Waals surface area contributed by atoms with E-state index in [0.717, 1.165) is 5.56 Å². The van der Waals surface area contributed by atoms with Crippen molar-refractivity contribution in [1.82, 2.24) is 4.90 Å². The molecule has 1 aromatic carbocycles. The highest BCUT2D eigenvalue weighted by Gasteiger charge is 2.44. The minimum absolute atomic E-state index is 0.0120. The lowest BCUT2D eigenvalue weighted by molar-refractivity contribution is 0.0796. The number of aryl methyl sites for hydroxylation is 1. The molecule has 0 radical (unpaired) electrons. The molecule has 0 bridgehead atoms. The quantitative estimate of drug-likeness (QED) is 0.839. The second kappa shape index (κ2) is 6.72. The van der Waals surface area contributed by atoms with Crippen LogP contribution in [0.2, 0.25) is 0 Å². The summed E-state index contributed by atoms with van der Waals surface area (Å²) < 4.78 is 29.9. The maximum Gasteiger partial charge on any atom is 0.407 e. The van der Waals surface area contributed by atoms with Crippen LogP contribution in [0.15, 0.2) is 29.2 Å². The van der Waals surface area contributed by atoms with Gasteiger partial charge in [0.05, 0.1) is 11.5 Å². The molecule has 1 fully saturated rings. The van der Waals surface area contributed by atoms with Gasteiger partial charge in [0.25, 0.3) is 10.1 Å². The average molecular weight is 355 g/mol. The number of hydrogen-bond donors (Lipinski definition) is 1. The van der Waals surface area contributed by atoms with Gasteiger partial charge >= 0.3 is 6.09 Å². The fraction of sp³-hybridized carbons (Fsp3) is 0.588. The van der Waals surface area contributed by atoms with E-state index in [0.29, 0.717) is 13.0 Å². The maximum absolute atomic E-state index is 12.3. The zero-order valence-electron chi connectivity index (χ0n) is 14.5. The minimum Gasteiger partial charge on any atom is -0.465 e. The third-order valence-electron chi connectivity index (χ3n) is 4.40. The summed E-state index contributed by atoms with van der Waals surface area (Å²) in [5, 5.41) is 9.36. The molecule has 1 N–H and O–H groups in total. The summed E-state index contributed by atoms with van der Waals surface area (Å²) in [4.78, 5) is 12.9. The van der Waals surface area contributed by atoms with Crippen molar-refractivity contribution < 1.29 is 22.5 Å². The Morgan fingerprint density at radius 2 is 1.88 bits per heavy atom. The second-order valence-electron chi connectivity index (χ2n) is 7.39. The van der Waals surface area contributed by atoms with Crippen molar-refractivity contribution in [3.05, 3.63) is 29.8 Å². The van der Waals surface area contributed by atoms with Crippen LogP contribution in [0.4, 0.5) is 4.79 Å². The Hall–Kier alpha value is -1.60. The molecule has 134 valence electrons. The maximum atomic E-state index is 12.3. The Morgan fingerprint density at radius 3 is 2.38 bits per heavy atom. The van der Waals surface area contributed by atoms with Gasteiger partial charge in [-0.1, -0.05) is 38.5 Å². The number of rotatable bonds is 4. The minimum atomic E-state index is -3.84. The van der Waals surface area contributed by atoms with E-state index in [2.05, 4.69) is 0 Å². The molecule has 1 aliphatic heterocycles. The van der Waals surface area contributed by atoms with E-state index in [1.54, 1.807) is 12.1 Å². The lowest BCUT2D eigenvalue weighted by atomic mass is 9.80. The van der Waals surface area contributed by atoms with E-state index in [1.165, 1.54) is 17.0 Å². The highest BCUT2D eigenvalue weighted by Crippen LogP contribution is 2.37. The van der Waals surface area contributed by atoms with Crippen molar-refractivity contribution in [3.63, 3.8) is 0 Å². The van der Waals surface area contributed by atoms with Crippen LogP contribution in [0.1, 0.15) is 32.8 Å². The van der Waals surface area contributed by atoms with E-state index in [1.807, 2.05) is 27.7 Å². The predicted molar refractivity (Wildman–Crippen MR) is 90.4 cm³/mol. The van der Waals surface area contributed by atoms with E-state index in [-0.39, 0.29) is 28.9 Å². The Labute approximate surface area is 143 Å². The van der Waals surface area contributed by atoms with Crippen molar-refractivity contribution in [2.24, 2.45) is 11.3 Å². The van der Waals surface area contributed by atoms with E-state index < -0.39 is 16.2 Å². The van der Waals surface area contributed by atoms with Crippen LogP contribution in [-0.2, 0) is 14.3 Å². The fourth-order valence-electron chi connectivity index (χ4n) is 3.37. The van der Waals surface area contributed by atoms with Gasteiger partial charge in [-0.25, -0.2) is 4.79 Å². The normalized spacial score (nSPS) is 21.9. The molecular weight excluding hydrogens is 330 g/mol. The number of likely N-dealkylation sites (tertiary alicyclic amines) is 1. The van der Waals surface area contributed by atoms with Crippen molar-refractivity contribution >= 4 is 16.2 Å². The largest absolute Gasteiger partial charge is 0.465 e. The molecule has 1 aliphatic rings. The molecule has 0 aromatic heterocycles. The van der Waals surface area contributed by atoms with Gasteiger partial charge < -0.3 is 10.0 Å². The van der Waals surface area contributed by atoms with Gasteiger partial charge in [-0.15, -0.1) is 0 Å². The molecule has 1 unspecified atom stereocenters. The van der Waals surface area contributed by atoms with Gasteiger partial charge in [0.2, 0.25) is 0 Å². The fourth-order valence-corrected chi connectivity index (χ4v) is 4.33. The van der Waals surface area contributed by atoms with Crippen LogP contribution in [0, 0.1) is 18.3 Å². The van der Waals surface area contributed by atoms with Gasteiger partial charge in [-0.3, -0.25) is 4.18 Å².